The fourth-order valence-electron chi connectivity index (χ4n) is 4.92. The van der Waals surface area contributed by atoms with Crippen molar-refractivity contribution in [2.75, 3.05) is 6.54 Å². The highest BCUT2D eigenvalue weighted by molar-refractivity contribution is 5.89. The predicted octanol–water partition coefficient (Wildman–Crippen LogP) is 3.46. The van der Waals surface area contributed by atoms with E-state index in [2.05, 4.69) is 54.7 Å². The maximum atomic E-state index is 13.2. The Morgan fingerprint density at radius 3 is 2.54 bits per heavy atom. The number of hydrogen-bond acceptors (Lipinski definition) is 2. The number of carbonyl (C=O) groups excluding carboxylic acids is 1. The zero-order valence-corrected chi connectivity index (χ0v) is 15.5. The Morgan fingerprint density at radius 2 is 1.81 bits per heavy atom. The molecule has 3 nitrogen and oxygen atoms in total. The van der Waals surface area contributed by atoms with Crippen LogP contribution in [0.1, 0.15) is 49.3 Å². The fourth-order valence-corrected chi connectivity index (χ4v) is 4.92. The van der Waals surface area contributed by atoms with Crippen LogP contribution in [0, 0.1) is 0 Å². The zero-order valence-electron chi connectivity index (χ0n) is 15.5. The van der Waals surface area contributed by atoms with Gasteiger partial charge < -0.3 is 11.1 Å². The minimum atomic E-state index is -0.414. The van der Waals surface area contributed by atoms with Gasteiger partial charge in [0.2, 0.25) is 5.91 Å². The molecule has 1 atom stereocenters. The molecule has 0 heterocycles. The lowest BCUT2D eigenvalue weighted by atomic mass is 9.61. The molecule has 0 saturated heterocycles. The smallest absolute Gasteiger partial charge is 0.230 e. The molecule has 1 saturated carbocycles. The topological polar surface area (TPSA) is 55.1 Å². The molecule has 0 radical (unpaired) electrons. The van der Waals surface area contributed by atoms with Crippen molar-refractivity contribution in [1.29, 1.82) is 0 Å². The average Bonchev–Trinajstić information content (AvgIpc) is 2.65. The number of nitrogens with two attached hydrogens (primary N) is 1. The largest absolute Gasteiger partial charge is 0.353 e. The first-order chi connectivity index (χ1) is 12.6. The van der Waals surface area contributed by atoms with E-state index in [1.165, 1.54) is 16.7 Å². The molecule has 3 N–H and O–H groups in total. The standard InChI is InChI=1S/C23H28N2O/c1-22(13-7-9-17-8-5-6-12-20(17)22)21(26)25-19-14-23(15-19,16-24)18-10-3-2-4-11-18/h2-6,8,10-12,19H,7,9,13-16,24H2,1H3,(H,25,26)/t19?,22-,23?/m1/s1. The van der Waals surface area contributed by atoms with Gasteiger partial charge in [0.25, 0.3) is 0 Å². The van der Waals surface area contributed by atoms with E-state index in [1.54, 1.807) is 0 Å². The summed E-state index contributed by atoms with van der Waals surface area (Å²) in [7, 11) is 0. The van der Waals surface area contributed by atoms with Crippen molar-refractivity contribution in [2.24, 2.45) is 5.73 Å². The number of rotatable bonds is 4. The molecular weight excluding hydrogens is 320 g/mol. The van der Waals surface area contributed by atoms with E-state index in [4.69, 9.17) is 5.73 Å². The summed E-state index contributed by atoms with van der Waals surface area (Å²) in [6.45, 7) is 2.73. The normalized spacial score (nSPS) is 30.2. The van der Waals surface area contributed by atoms with Crippen LogP contribution in [0.2, 0.25) is 0 Å². The van der Waals surface area contributed by atoms with Gasteiger partial charge >= 0.3 is 0 Å². The van der Waals surface area contributed by atoms with E-state index < -0.39 is 5.41 Å². The number of amides is 1. The summed E-state index contributed by atoms with van der Waals surface area (Å²) in [6.07, 6.45) is 4.92. The molecule has 4 rings (SSSR count). The van der Waals surface area contributed by atoms with Crippen molar-refractivity contribution in [3.8, 4) is 0 Å². The van der Waals surface area contributed by atoms with Crippen LogP contribution in [-0.2, 0) is 22.0 Å². The van der Waals surface area contributed by atoms with Crippen molar-refractivity contribution in [1.82, 2.24) is 5.32 Å². The minimum absolute atomic E-state index is 0.0184. The molecule has 0 spiro atoms. The lowest BCUT2D eigenvalue weighted by Gasteiger charge is -2.49. The van der Waals surface area contributed by atoms with E-state index in [0.717, 1.165) is 32.1 Å². The SMILES string of the molecule is C[C@@]1(C(=O)NC2CC(CN)(c3ccccc3)C2)CCCc2ccccc21. The minimum Gasteiger partial charge on any atom is -0.353 e. The Kier molecular flexibility index (Phi) is 4.36. The molecule has 0 aliphatic heterocycles. The highest BCUT2D eigenvalue weighted by atomic mass is 16.2. The van der Waals surface area contributed by atoms with Gasteiger partial charge in [0.05, 0.1) is 5.41 Å². The molecule has 0 bridgehead atoms. The molecule has 3 heteroatoms. The summed E-state index contributed by atoms with van der Waals surface area (Å²) in [5.74, 6) is 0.174. The molecule has 2 aliphatic rings. The fraction of sp³-hybridized carbons (Fsp3) is 0.435. The van der Waals surface area contributed by atoms with Crippen LogP contribution >= 0.6 is 0 Å². The van der Waals surface area contributed by atoms with E-state index in [-0.39, 0.29) is 17.4 Å². The van der Waals surface area contributed by atoms with Crippen molar-refractivity contribution >= 4 is 5.91 Å². The van der Waals surface area contributed by atoms with Gasteiger partial charge in [-0.25, -0.2) is 0 Å². The van der Waals surface area contributed by atoms with Crippen LogP contribution in [-0.4, -0.2) is 18.5 Å². The highest BCUT2D eigenvalue weighted by Crippen LogP contribution is 2.44. The average molecular weight is 348 g/mol. The second-order valence-electron chi connectivity index (χ2n) is 8.27. The third kappa shape index (κ3) is 2.75. The molecule has 1 fully saturated rings. The van der Waals surface area contributed by atoms with Gasteiger partial charge in [0, 0.05) is 18.0 Å². The molecule has 0 unspecified atom stereocenters. The van der Waals surface area contributed by atoms with Crippen LogP contribution in [0.3, 0.4) is 0 Å². The predicted molar refractivity (Wildman–Crippen MR) is 105 cm³/mol. The quantitative estimate of drug-likeness (QED) is 0.889. The van der Waals surface area contributed by atoms with Crippen molar-refractivity contribution in [2.45, 2.75) is 55.9 Å². The number of nitrogens with one attached hydrogen (secondary N) is 1. The Labute approximate surface area is 156 Å². The van der Waals surface area contributed by atoms with Gasteiger partial charge in [-0.05, 0) is 55.7 Å². The van der Waals surface area contributed by atoms with E-state index in [0.29, 0.717) is 6.54 Å². The number of aryl methyl sites for hydroxylation is 1. The van der Waals surface area contributed by atoms with Crippen LogP contribution in [0.25, 0.3) is 0 Å². The maximum absolute atomic E-state index is 13.2. The van der Waals surface area contributed by atoms with Gasteiger partial charge in [-0.3, -0.25) is 4.79 Å². The second-order valence-corrected chi connectivity index (χ2v) is 8.27. The van der Waals surface area contributed by atoms with E-state index in [9.17, 15) is 4.79 Å². The molecule has 2 aliphatic carbocycles. The number of fused-ring (bicyclic) bond motifs is 1. The summed E-state index contributed by atoms with van der Waals surface area (Å²) >= 11 is 0. The molecular formula is C23H28N2O. The van der Waals surface area contributed by atoms with Gasteiger partial charge in [-0.2, -0.15) is 0 Å². The van der Waals surface area contributed by atoms with E-state index >= 15 is 0 Å². The molecule has 136 valence electrons. The summed E-state index contributed by atoms with van der Waals surface area (Å²) < 4.78 is 0. The molecule has 2 aromatic rings. The van der Waals surface area contributed by atoms with Crippen LogP contribution in [0.5, 0.6) is 0 Å². The Balaban J connectivity index is 1.47. The Bertz CT molecular complexity index is 795. The number of hydrogen-bond donors (Lipinski definition) is 2. The Morgan fingerprint density at radius 1 is 1.12 bits per heavy atom. The second kappa shape index (κ2) is 6.55. The van der Waals surface area contributed by atoms with Crippen LogP contribution in [0.4, 0.5) is 0 Å². The third-order valence-corrected chi connectivity index (χ3v) is 6.62. The zero-order chi connectivity index (χ0) is 18.2. The van der Waals surface area contributed by atoms with Crippen molar-refractivity contribution in [3.63, 3.8) is 0 Å². The van der Waals surface area contributed by atoms with Gasteiger partial charge in [0.1, 0.15) is 0 Å². The van der Waals surface area contributed by atoms with Crippen molar-refractivity contribution in [3.05, 3.63) is 71.3 Å². The number of carbonyl (C=O) groups is 1. The van der Waals surface area contributed by atoms with E-state index in [1.807, 2.05) is 12.1 Å². The van der Waals surface area contributed by atoms with Gasteiger partial charge in [0.15, 0.2) is 0 Å². The Hall–Kier alpha value is -2.13. The maximum Gasteiger partial charge on any atom is 0.230 e. The van der Waals surface area contributed by atoms with Crippen LogP contribution < -0.4 is 11.1 Å². The van der Waals surface area contributed by atoms with Crippen LogP contribution in [0.15, 0.2) is 54.6 Å². The number of benzene rings is 2. The summed E-state index contributed by atoms with van der Waals surface area (Å²) in [5.41, 5.74) is 9.54. The first-order valence-electron chi connectivity index (χ1n) is 9.72. The molecule has 0 aromatic heterocycles. The van der Waals surface area contributed by atoms with Gasteiger partial charge in [-0.1, -0.05) is 54.6 Å². The third-order valence-electron chi connectivity index (χ3n) is 6.62. The molecule has 2 aromatic carbocycles. The lowest BCUT2D eigenvalue weighted by molar-refractivity contribution is -0.128. The van der Waals surface area contributed by atoms with Gasteiger partial charge in [-0.15, -0.1) is 0 Å². The first-order valence-corrected chi connectivity index (χ1v) is 9.72. The first kappa shape index (κ1) is 17.3. The highest BCUT2D eigenvalue weighted by Gasteiger charge is 2.47. The lowest BCUT2D eigenvalue weighted by Crippen LogP contribution is -2.59. The summed E-state index contributed by atoms with van der Waals surface area (Å²) in [5, 5.41) is 3.33. The summed E-state index contributed by atoms with van der Waals surface area (Å²) in [6, 6.07) is 19.1. The monoisotopic (exact) mass is 348 g/mol. The molecule has 1 amide bonds. The molecule has 26 heavy (non-hydrogen) atoms. The van der Waals surface area contributed by atoms with Crippen molar-refractivity contribution < 1.29 is 4.79 Å². The summed E-state index contributed by atoms with van der Waals surface area (Å²) in [4.78, 5) is 13.2.